The quantitative estimate of drug-likeness (QED) is 0.920. The predicted molar refractivity (Wildman–Crippen MR) is 69.6 cm³/mol. The Bertz CT molecular complexity index is 456. The van der Waals surface area contributed by atoms with Crippen LogP contribution in [0.25, 0.3) is 0 Å². The average molecular weight is 303 g/mol. The molecule has 0 aliphatic heterocycles. The number of thiazole rings is 1. The van der Waals surface area contributed by atoms with Gasteiger partial charge >= 0.3 is 0 Å². The first-order valence-electron chi connectivity index (χ1n) is 4.52. The molecule has 1 atom stereocenters. The largest absolute Gasteiger partial charge is 0.318 e. The van der Waals surface area contributed by atoms with E-state index >= 15 is 0 Å². The molecule has 0 amide bonds. The van der Waals surface area contributed by atoms with Crippen molar-refractivity contribution in [3.63, 3.8) is 0 Å². The van der Waals surface area contributed by atoms with Gasteiger partial charge < -0.3 is 5.73 Å². The number of aromatic nitrogens is 1. The van der Waals surface area contributed by atoms with E-state index in [1.165, 1.54) is 4.88 Å². The fourth-order valence-electron chi connectivity index (χ4n) is 1.27. The first kappa shape index (κ1) is 11.3. The highest BCUT2D eigenvalue weighted by molar-refractivity contribution is 9.10. The van der Waals surface area contributed by atoms with Crippen LogP contribution in [-0.4, -0.2) is 4.98 Å². The lowest BCUT2D eigenvalue weighted by Gasteiger charge is -2.06. The van der Waals surface area contributed by atoms with E-state index in [0.29, 0.717) is 0 Å². The van der Waals surface area contributed by atoms with Gasteiger partial charge in [-0.3, -0.25) is 0 Å². The van der Waals surface area contributed by atoms with Gasteiger partial charge in [0.05, 0.1) is 11.7 Å². The smallest absolute Gasteiger partial charge is 0.115 e. The molecule has 0 aliphatic carbocycles. The minimum atomic E-state index is -0.100. The summed E-state index contributed by atoms with van der Waals surface area (Å²) in [7, 11) is 0. The Hall–Kier alpha value is -0.230. The summed E-state index contributed by atoms with van der Waals surface area (Å²) in [4.78, 5) is 6.87. The van der Waals surface area contributed by atoms with E-state index in [4.69, 9.17) is 5.73 Å². The number of aryl methyl sites for hydroxylation is 2. The van der Waals surface area contributed by atoms with Crippen molar-refractivity contribution in [1.29, 1.82) is 0 Å². The van der Waals surface area contributed by atoms with Crippen LogP contribution in [0.4, 0.5) is 0 Å². The summed E-state index contributed by atoms with van der Waals surface area (Å²) < 4.78 is 1.07. The van der Waals surface area contributed by atoms with Crippen molar-refractivity contribution < 1.29 is 0 Å². The van der Waals surface area contributed by atoms with Gasteiger partial charge in [0.2, 0.25) is 0 Å². The second kappa shape index (κ2) is 4.33. The molecular weight excluding hydrogens is 292 g/mol. The highest BCUT2D eigenvalue weighted by atomic mass is 79.9. The zero-order valence-electron chi connectivity index (χ0n) is 8.45. The van der Waals surface area contributed by atoms with Gasteiger partial charge in [-0.25, -0.2) is 4.98 Å². The van der Waals surface area contributed by atoms with E-state index in [0.717, 1.165) is 20.1 Å². The number of hydrogen-bond donors (Lipinski definition) is 1. The van der Waals surface area contributed by atoms with Gasteiger partial charge in [0.1, 0.15) is 5.01 Å². The van der Waals surface area contributed by atoms with Crippen molar-refractivity contribution >= 4 is 38.6 Å². The number of nitrogens with two attached hydrogens (primary N) is 1. The van der Waals surface area contributed by atoms with Crippen molar-refractivity contribution in [2.75, 3.05) is 0 Å². The van der Waals surface area contributed by atoms with Crippen LogP contribution in [0.15, 0.2) is 15.9 Å². The maximum absolute atomic E-state index is 6.17. The van der Waals surface area contributed by atoms with E-state index in [-0.39, 0.29) is 6.04 Å². The summed E-state index contributed by atoms with van der Waals surface area (Å²) in [5.74, 6) is 0. The zero-order chi connectivity index (χ0) is 11.0. The summed E-state index contributed by atoms with van der Waals surface area (Å²) >= 11 is 6.84. The Morgan fingerprint density at radius 3 is 2.67 bits per heavy atom. The molecule has 2 nitrogen and oxygen atoms in total. The third-order valence-corrected chi connectivity index (χ3v) is 5.35. The SMILES string of the molecule is Cc1nc(C(N)c2sccc2Br)sc1C. The van der Waals surface area contributed by atoms with Crippen LogP contribution in [-0.2, 0) is 0 Å². The number of nitrogens with zero attached hydrogens (tertiary/aromatic N) is 1. The lowest BCUT2D eigenvalue weighted by atomic mass is 10.3. The zero-order valence-corrected chi connectivity index (χ0v) is 11.7. The van der Waals surface area contributed by atoms with Gasteiger partial charge in [0.15, 0.2) is 0 Å². The van der Waals surface area contributed by atoms with Gasteiger partial charge in [-0.1, -0.05) is 0 Å². The molecule has 2 aromatic heterocycles. The molecule has 15 heavy (non-hydrogen) atoms. The van der Waals surface area contributed by atoms with E-state index in [2.05, 4.69) is 27.8 Å². The molecule has 0 aromatic carbocycles. The number of halogens is 1. The van der Waals surface area contributed by atoms with Crippen molar-refractivity contribution in [1.82, 2.24) is 4.98 Å². The lowest BCUT2D eigenvalue weighted by Crippen LogP contribution is -2.10. The molecule has 2 rings (SSSR count). The number of rotatable bonds is 2. The van der Waals surface area contributed by atoms with Crippen molar-refractivity contribution in [3.8, 4) is 0 Å². The maximum atomic E-state index is 6.17. The lowest BCUT2D eigenvalue weighted by molar-refractivity contribution is 0.867. The molecular formula is C10H11BrN2S2. The van der Waals surface area contributed by atoms with Gasteiger partial charge in [-0.15, -0.1) is 22.7 Å². The Morgan fingerprint density at radius 2 is 2.20 bits per heavy atom. The molecule has 0 aliphatic rings. The summed E-state index contributed by atoms with van der Waals surface area (Å²) in [6, 6.07) is 1.92. The molecule has 0 radical (unpaired) electrons. The van der Waals surface area contributed by atoms with E-state index in [1.54, 1.807) is 22.7 Å². The van der Waals surface area contributed by atoms with Gasteiger partial charge in [0, 0.05) is 14.2 Å². The molecule has 0 bridgehead atoms. The van der Waals surface area contributed by atoms with Crippen LogP contribution in [0, 0.1) is 13.8 Å². The topological polar surface area (TPSA) is 38.9 Å². The van der Waals surface area contributed by atoms with Crippen LogP contribution in [0.1, 0.15) is 26.5 Å². The van der Waals surface area contributed by atoms with Crippen molar-refractivity contribution in [3.05, 3.63) is 36.4 Å². The normalized spacial score (nSPS) is 13.1. The van der Waals surface area contributed by atoms with Crippen molar-refractivity contribution in [2.45, 2.75) is 19.9 Å². The van der Waals surface area contributed by atoms with E-state index < -0.39 is 0 Å². The first-order valence-corrected chi connectivity index (χ1v) is 7.01. The minimum absolute atomic E-state index is 0.100. The predicted octanol–water partition coefficient (Wildman–Crippen LogP) is 3.63. The van der Waals surface area contributed by atoms with Crippen LogP contribution in [0.5, 0.6) is 0 Å². The number of thiophene rings is 1. The molecule has 5 heteroatoms. The van der Waals surface area contributed by atoms with Crippen molar-refractivity contribution in [2.24, 2.45) is 5.73 Å². The summed E-state index contributed by atoms with van der Waals surface area (Å²) in [5.41, 5.74) is 7.25. The van der Waals surface area contributed by atoms with Gasteiger partial charge in [-0.2, -0.15) is 0 Å². The second-order valence-corrected chi connectivity index (χ2v) is 6.34. The van der Waals surface area contributed by atoms with E-state index in [1.807, 2.05) is 18.4 Å². The monoisotopic (exact) mass is 302 g/mol. The Labute approximate surface area is 105 Å². The van der Waals surface area contributed by atoms with E-state index in [9.17, 15) is 0 Å². The standard InChI is InChI=1S/C10H11BrN2S2/c1-5-6(2)15-10(13-5)8(12)9-7(11)3-4-14-9/h3-4,8H,12H2,1-2H3. The van der Waals surface area contributed by atoms with Gasteiger partial charge in [-0.05, 0) is 41.2 Å². The van der Waals surface area contributed by atoms with Gasteiger partial charge in [0.25, 0.3) is 0 Å². The molecule has 0 spiro atoms. The molecule has 2 aromatic rings. The highest BCUT2D eigenvalue weighted by Crippen LogP contribution is 2.33. The van der Waals surface area contributed by atoms with Crippen LogP contribution in [0.3, 0.4) is 0 Å². The molecule has 0 saturated carbocycles. The Kier molecular flexibility index (Phi) is 3.25. The Balaban J connectivity index is 2.36. The number of hydrogen-bond acceptors (Lipinski definition) is 4. The molecule has 2 N–H and O–H groups in total. The first-order chi connectivity index (χ1) is 7.09. The minimum Gasteiger partial charge on any atom is -0.318 e. The molecule has 80 valence electrons. The molecule has 0 fully saturated rings. The maximum Gasteiger partial charge on any atom is 0.115 e. The van der Waals surface area contributed by atoms with Crippen LogP contribution in [0.2, 0.25) is 0 Å². The summed E-state index contributed by atoms with van der Waals surface area (Å²) in [5, 5.41) is 3.03. The fraction of sp³-hybridized carbons (Fsp3) is 0.300. The second-order valence-electron chi connectivity index (χ2n) is 3.30. The van der Waals surface area contributed by atoms with Crippen LogP contribution >= 0.6 is 38.6 Å². The van der Waals surface area contributed by atoms with Crippen LogP contribution < -0.4 is 5.73 Å². The Morgan fingerprint density at radius 1 is 1.47 bits per heavy atom. The molecule has 2 heterocycles. The summed E-state index contributed by atoms with van der Waals surface area (Å²) in [6.07, 6.45) is 0. The summed E-state index contributed by atoms with van der Waals surface area (Å²) in [6.45, 7) is 4.10. The third-order valence-electron chi connectivity index (χ3n) is 2.24. The molecule has 1 unspecified atom stereocenters. The third kappa shape index (κ3) is 2.15. The molecule has 0 saturated heterocycles. The highest BCUT2D eigenvalue weighted by Gasteiger charge is 2.17. The average Bonchev–Trinajstić information content (AvgIpc) is 2.74. The fourth-order valence-corrected chi connectivity index (χ4v) is 3.90.